The predicted molar refractivity (Wildman–Crippen MR) is 55.5 cm³/mol. The van der Waals surface area contributed by atoms with Crippen LogP contribution >= 0.6 is 11.3 Å². The van der Waals surface area contributed by atoms with Gasteiger partial charge < -0.3 is 15.4 Å². The third-order valence-corrected chi connectivity index (χ3v) is 3.29. The van der Waals surface area contributed by atoms with Crippen LogP contribution in [0.3, 0.4) is 0 Å². The number of aromatic nitrogens is 2. The number of morpholine rings is 1. The van der Waals surface area contributed by atoms with Gasteiger partial charge in [-0.2, -0.15) is 0 Å². The maximum absolute atomic E-state index is 5.72. The lowest BCUT2D eigenvalue weighted by Crippen LogP contribution is -2.36. The second-order valence-corrected chi connectivity index (χ2v) is 4.30. The first-order valence-electron chi connectivity index (χ1n) is 4.69. The third kappa shape index (κ3) is 2.02. The van der Waals surface area contributed by atoms with Crippen LogP contribution in [-0.4, -0.2) is 36.5 Å². The number of nitrogens with two attached hydrogens (primary N) is 1. The van der Waals surface area contributed by atoms with Crippen LogP contribution < -0.4 is 10.6 Å². The fourth-order valence-electron chi connectivity index (χ4n) is 1.29. The summed E-state index contributed by atoms with van der Waals surface area (Å²) in [6, 6.07) is -0.0257. The molecular weight excluding hydrogens is 200 g/mol. The lowest BCUT2D eigenvalue weighted by atomic mass is 10.4. The van der Waals surface area contributed by atoms with E-state index in [1.807, 2.05) is 6.92 Å². The van der Waals surface area contributed by atoms with Crippen LogP contribution in [0.1, 0.15) is 18.0 Å². The van der Waals surface area contributed by atoms with Gasteiger partial charge in [-0.05, 0) is 6.92 Å². The third-order valence-electron chi connectivity index (χ3n) is 2.10. The molecule has 2 heterocycles. The number of hydrogen-bond donors (Lipinski definition) is 1. The van der Waals surface area contributed by atoms with Crippen molar-refractivity contribution in [1.29, 1.82) is 0 Å². The normalized spacial score (nSPS) is 19.7. The molecule has 78 valence electrons. The van der Waals surface area contributed by atoms with Gasteiger partial charge in [0.2, 0.25) is 5.13 Å². The highest BCUT2D eigenvalue weighted by Gasteiger charge is 2.16. The molecular formula is C8H14N4OS. The van der Waals surface area contributed by atoms with Crippen molar-refractivity contribution in [2.24, 2.45) is 5.73 Å². The summed E-state index contributed by atoms with van der Waals surface area (Å²) >= 11 is 1.57. The SMILES string of the molecule is CC(N)c1nnc(N2CCOCC2)s1. The number of hydrogen-bond acceptors (Lipinski definition) is 6. The summed E-state index contributed by atoms with van der Waals surface area (Å²) in [6.45, 7) is 5.25. The van der Waals surface area contributed by atoms with E-state index in [1.54, 1.807) is 11.3 Å². The Morgan fingerprint density at radius 3 is 2.71 bits per heavy atom. The second-order valence-electron chi connectivity index (χ2n) is 3.31. The summed E-state index contributed by atoms with van der Waals surface area (Å²) in [5, 5.41) is 10.0. The van der Waals surface area contributed by atoms with Crippen molar-refractivity contribution >= 4 is 16.5 Å². The van der Waals surface area contributed by atoms with Gasteiger partial charge in [0.1, 0.15) is 5.01 Å². The molecule has 2 rings (SSSR count). The highest BCUT2D eigenvalue weighted by molar-refractivity contribution is 7.15. The van der Waals surface area contributed by atoms with E-state index in [4.69, 9.17) is 10.5 Å². The van der Waals surface area contributed by atoms with E-state index in [-0.39, 0.29) is 6.04 Å². The van der Waals surface area contributed by atoms with E-state index >= 15 is 0 Å². The first kappa shape index (κ1) is 9.82. The minimum atomic E-state index is -0.0257. The van der Waals surface area contributed by atoms with Gasteiger partial charge in [0.05, 0.1) is 19.3 Å². The van der Waals surface area contributed by atoms with Crippen molar-refractivity contribution < 1.29 is 4.74 Å². The summed E-state index contributed by atoms with van der Waals surface area (Å²) < 4.78 is 5.27. The topological polar surface area (TPSA) is 64.3 Å². The summed E-state index contributed by atoms with van der Waals surface area (Å²) in [5.74, 6) is 0. The highest BCUT2D eigenvalue weighted by Crippen LogP contribution is 2.23. The van der Waals surface area contributed by atoms with Crippen molar-refractivity contribution in [2.75, 3.05) is 31.2 Å². The first-order chi connectivity index (χ1) is 6.77. The standard InChI is InChI=1S/C8H14N4OS/c1-6(9)7-10-11-8(14-7)12-2-4-13-5-3-12/h6H,2-5,9H2,1H3. The highest BCUT2D eigenvalue weighted by atomic mass is 32.1. The number of anilines is 1. The molecule has 1 aliphatic heterocycles. The summed E-state index contributed by atoms with van der Waals surface area (Å²) in [7, 11) is 0. The van der Waals surface area contributed by atoms with E-state index in [1.165, 1.54) is 0 Å². The van der Waals surface area contributed by atoms with Crippen LogP contribution in [0.5, 0.6) is 0 Å². The average molecular weight is 214 g/mol. The Hall–Kier alpha value is -0.720. The summed E-state index contributed by atoms with van der Waals surface area (Å²) in [6.07, 6.45) is 0. The zero-order chi connectivity index (χ0) is 9.97. The Morgan fingerprint density at radius 1 is 1.43 bits per heavy atom. The molecule has 0 amide bonds. The lowest BCUT2D eigenvalue weighted by Gasteiger charge is -2.25. The second kappa shape index (κ2) is 4.20. The zero-order valence-corrected chi connectivity index (χ0v) is 8.96. The van der Waals surface area contributed by atoms with Crippen molar-refractivity contribution in [1.82, 2.24) is 10.2 Å². The molecule has 14 heavy (non-hydrogen) atoms. The predicted octanol–water partition coefficient (Wildman–Crippen LogP) is 0.394. The van der Waals surface area contributed by atoms with Gasteiger partial charge in [-0.25, -0.2) is 0 Å². The van der Waals surface area contributed by atoms with Crippen LogP contribution in [0.25, 0.3) is 0 Å². The molecule has 1 saturated heterocycles. The fraction of sp³-hybridized carbons (Fsp3) is 0.750. The van der Waals surface area contributed by atoms with Crippen LogP contribution in [0, 0.1) is 0 Å². The monoisotopic (exact) mass is 214 g/mol. The van der Waals surface area contributed by atoms with Crippen molar-refractivity contribution in [3.8, 4) is 0 Å². The Morgan fingerprint density at radius 2 is 2.14 bits per heavy atom. The Kier molecular flexibility index (Phi) is 2.95. The maximum Gasteiger partial charge on any atom is 0.208 e. The molecule has 0 aromatic carbocycles. The van der Waals surface area contributed by atoms with E-state index in [0.29, 0.717) is 0 Å². The van der Waals surface area contributed by atoms with Gasteiger partial charge in [0.25, 0.3) is 0 Å². The van der Waals surface area contributed by atoms with Gasteiger partial charge in [0, 0.05) is 13.1 Å². The van der Waals surface area contributed by atoms with Gasteiger partial charge in [-0.1, -0.05) is 11.3 Å². The van der Waals surface area contributed by atoms with Crippen molar-refractivity contribution in [3.05, 3.63) is 5.01 Å². The quantitative estimate of drug-likeness (QED) is 0.771. The molecule has 1 fully saturated rings. The first-order valence-corrected chi connectivity index (χ1v) is 5.50. The average Bonchev–Trinajstić information content (AvgIpc) is 2.68. The maximum atomic E-state index is 5.72. The molecule has 0 spiro atoms. The minimum Gasteiger partial charge on any atom is -0.378 e. The summed E-state index contributed by atoms with van der Waals surface area (Å²) in [4.78, 5) is 2.19. The zero-order valence-electron chi connectivity index (χ0n) is 8.14. The lowest BCUT2D eigenvalue weighted by molar-refractivity contribution is 0.122. The van der Waals surface area contributed by atoms with E-state index in [9.17, 15) is 0 Å². The molecule has 6 heteroatoms. The molecule has 1 aromatic rings. The van der Waals surface area contributed by atoms with Gasteiger partial charge in [-0.15, -0.1) is 10.2 Å². The molecule has 0 aliphatic carbocycles. The molecule has 1 aliphatic rings. The largest absolute Gasteiger partial charge is 0.378 e. The Balaban J connectivity index is 2.07. The van der Waals surface area contributed by atoms with E-state index in [2.05, 4.69) is 15.1 Å². The Bertz CT molecular complexity index is 295. The summed E-state index contributed by atoms with van der Waals surface area (Å²) in [5.41, 5.74) is 5.72. The van der Waals surface area contributed by atoms with Crippen LogP contribution in [0.2, 0.25) is 0 Å². The molecule has 0 saturated carbocycles. The van der Waals surface area contributed by atoms with Gasteiger partial charge in [0.15, 0.2) is 0 Å². The van der Waals surface area contributed by atoms with Crippen LogP contribution in [0.4, 0.5) is 5.13 Å². The van der Waals surface area contributed by atoms with Crippen LogP contribution in [-0.2, 0) is 4.74 Å². The molecule has 1 unspecified atom stereocenters. The van der Waals surface area contributed by atoms with E-state index < -0.39 is 0 Å². The molecule has 2 N–H and O–H groups in total. The van der Waals surface area contributed by atoms with Gasteiger partial charge >= 0.3 is 0 Å². The Labute approximate surface area is 86.9 Å². The number of rotatable bonds is 2. The smallest absolute Gasteiger partial charge is 0.208 e. The molecule has 5 nitrogen and oxygen atoms in total. The number of nitrogens with zero attached hydrogens (tertiary/aromatic N) is 3. The minimum absolute atomic E-state index is 0.0257. The molecule has 0 radical (unpaired) electrons. The molecule has 1 aromatic heterocycles. The van der Waals surface area contributed by atoms with Crippen LogP contribution in [0.15, 0.2) is 0 Å². The molecule has 0 bridgehead atoms. The number of ether oxygens (including phenoxy) is 1. The van der Waals surface area contributed by atoms with Crippen molar-refractivity contribution in [2.45, 2.75) is 13.0 Å². The van der Waals surface area contributed by atoms with Gasteiger partial charge in [-0.3, -0.25) is 0 Å². The van der Waals surface area contributed by atoms with E-state index in [0.717, 1.165) is 36.4 Å². The molecule has 1 atom stereocenters. The fourth-order valence-corrected chi connectivity index (χ4v) is 2.14. The van der Waals surface area contributed by atoms with Crippen molar-refractivity contribution in [3.63, 3.8) is 0 Å².